The molecule has 31 heavy (non-hydrogen) atoms. The van der Waals surface area contributed by atoms with Crippen LogP contribution in [0.5, 0.6) is 0 Å². The van der Waals surface area contributed by atoms with Gasteiger partial charge >= 0.3 is 0 Å². The molecule has 0 spiro atoms. The lowest BCUT2D eigenvalue weighted by Crippen LogP contribution is -2.44. The van der Waals surface area contributed by atoms with E-state index < -0.39 is 10.0 Å². The number of hydrogen-bond acceptors (Lipinski definition) is 4. The van der Waals surface area contributed by atoms with Crippen LogP contribution in [0.2, 0.25) is 0 Å². The van der Waals surface area contributed by atoms with Crippen LogP contribution in [0.3, 0.4) is 0 Å². The fourth-order valence-electron chi connectivity index (χ4n) is 4.73. The second-order valence-corrected chi connectivity index (χ2v) is 10.4. The third-order valence-electron chi connectivity index (χ3n) is 6.62. The summed E-state index contributed by atoms with van der Waals surface area (Å²) in [5.74, 6) is -0.161. The van der Waals surface area contributed by atoms with Crippen molar-refractivity contribution in [3.8, 4) is 0 Å². The highest BCUT2D eigenvalue weighted by molar-refractivity contribution is 7.89. The summed E-state index contributed by atoms with van der Waals surface area (Å²) < 4.78 is 27.4. The van der Waals surface area contributed by atoms with Gasteiger partial charge in [-0.2, -0.15) is 4.31 Å². The van der Waals surface area contributed by atoms with Crippen LogP contribution in [-0.4, -0.2) is 49.5 Å². The van der Waals surface area contributed by atoms with E-state index in [9.17, 15) is 18.0 Å². The summed E-state index contributed by atoms with van der Waals surface area (Å²) in [4.78, 5) is 26.6. The first-order valence-electron chi connectivity index (χ1n) is 10.7. The number of carbonyl (C=O) groups is 2. The van der Waals surface area contributed by atoms with Gasteiger partial charge in [0.15, 0.2) is 5.78 Å². The Bertz CT molecular complexity index is 1090. The monoisotopic (exact) mass is 440 g/mol. The average molecular weight is 441 g/mol. The number of nitrogens with zero attached hydrogens (tertiary/aromatic N) is 2. The number of rotatable bonds is 5. The number of piperidine rings is 1. The van der Waals surface area contributed by atoms with E-state index >= 15 is 0 Å². The van der Waals surface area contributed by atoms with Gasteiger partial charge in [0.1, 0.15) is 0 Å². The normalized spacial score (nSPS) is 19.7. The van der Waals surface area contributed by atoms with Crippen LogP contribution in [0.1, 0.15) is 53.7 Å². The van der Waals surface area contributed by atoms with Crippen LogP contribution in [0, 0.1) is 5.92 Å². The maximum Gasteiger partial charge on any atom is 0.243 e. The SMILES string of the molecule is CC(=O)c1ccc(S(=O)(=O)N2CCC(C(=O)N(C)C3CCc4ccccc43)CC2)cc1. The van der Waals surface area contributed by atoms with Gasteiger partial charge in [-0.25, -0.2) is 8.42 Å². The van der Waals surface area contributed by atoms with Crippen molar-refractivity contribution in [3.63, 3.8) is 0 Å². The Hall–Kier alpha value is -2.51. The number of aryl methyl sites for hydroxylation is 1. The molecule has 1 fully saturated rings. The van der Waals surface area contributed by atoms with E-state index in [1.54, 1.807) is 12.1 Å². The van der Waals surface area contributed by atoms with E-state index in [0.717, 1.165) is 12.8 Å². The maximum atomic E-state index is 13.1. The molecule has 0 saturated carbocycles. The molecule has 1 aliphatic heterocycles. The van der Waals surface area contributed by atoms with Crippen LogP contribution in [-0.2, 0) is 21.2 Å². The minimum Gasteiger partial charge on any atom is -0.338 e. The first-order chi connectivity index (χ1) is 14.8. The van der Waals surface area contributed by atoms with Gasteiger partial charge in [0.2, 0.25) is 15.9 Å². The average Bonchev–Trinajstić information content (AvgIpc) is 3.22. The Morgan fingerprint density at radius 1 is 0.968 bits per heavy atom. The van der Waals surface area contributed by atoms with Crippen LogP contribution in [0.25, 0.3) is 0 Å². The molecule has 0 N–H and O–H groups in total. The number of Topliss-reactive ketones (excluding diaryl/α,β-unsaturated/α-hetero) is 1. The summed E-state index contributed by atoms with van der Waals surface area (Å²) in [6.07, 6.45) is 2.95. The zero-order valence-corrected chi connectivity index (χ0v) is 18.8. The number of sulfonamides is 1. The topological polar surface area (TPSA) is 74.8 Å². The highest BCUT2D eigenvalue weighted by Crippen LogP contribution is 2.36. The molecule has 164 valence electrons. The molecule has 1 amide bonds. The Balaban J connectivity index is 1.40. The summed E-state index contributed by atoms with van der Waals surface area (Å²) in [6, 6.07) is 14.4. The van der Waals surface area contributed by atoms with Gasteiger partial charge in [-0.15, -0.1) is 0 Å². The van der Waals surface area contributed by atoms with E-state index in [2.05, 4.69) is 12.1 Å². The maximum absolute atomic E-state index is 13.1. The van der Waals surface area contributed by atoms with E-state index in [1.807, 2.05) is 24.1 Å². The standard InChI is InChI=1S/C24H28N2O4S/c1-17(27)18-7-10-21(11-8-18)31(29,30)26-15-13-20(14-16-26)24(28)25(2)23-12-9-19-5-3-4-6-22(19)23/h3-8,10-11,20,23H,9,12-16H2,1-2H3. The molecule has 0 radical (unpaired) electrons. The zero-order chi connectivity index (χ0) is 22.2. The van der Waals surface area contributed by atoms with Crippen molar-refractivity contribution in [2.75, 3.05) is 20.1 Å². The molecular formula is C24H28N2O4S. The van der Waals surface area contributed by atoms with Gasteiger partial charge in [-0.05, 0) is 55.9 Å². The lowest BCUT2D eigenvalue weighted by atomic mass is 9.95. The van der Waals surface area contributed by atoms with Crippen molar-refractivity contribution >= 4 is 21.7 Å². The highest BCUT2D eigenvalue weighted by atomic mass is 32.2. The van der Waals surface area contributed by atoms with E-state index in [1.165, 1.54) is 34.5 Å². The second kappa shape index (κ2) is 8.55. The fraction of sp³-hybridized carbons (Fsp3) is 0.417. The van der Waals surface area contributed by atoms with Crippen molar-refractivity contribution in [2.24, 2.45) is 5.92 Å². The predicted molar refractivity (Wildman–Crippen MR) is 118 cm³/mol. The quantitative estimate of drug-likeness (QED) is 0.668. The molecule has 6 nitrogen and oxygen atoms in total. The number of ketones is 1. The third-order valence-corrected chi connectivity index (χ3v) is 8.53. The van der Waals surface area contributed by atoms with Gasteiger partial charge in [-0.3, -0.25) is 9.59 Å². The molecule has 1 atom stereocenters. The molecule has 2 aromatic rings. The molecular weight excluding hydrogens is 412 g/mol. The lowest BCUT2D eigenvalue weighted by Gasteiger charge is -2.34. The molecule has 0 bridgehead atoms. The lowest BCUT2D eigenvalue weighted by molar-refractivity contribution is -0.137. The Morgan fingerprint density at radius 3 is 2.26 bits per heavy atom. The number of hydrogen-bond donors (Lipinski definition) is 0. The molecule has 2 aromatic carbocycles. The van der Waals surface area contributed by atoms with Gasteiger partial charge in [0.05, 0.1) is 10.9 Å². The highest BCUT2D eigenvalue weighted by Gasteiger charge is 2.36. The van der Waals surface area contributed by atoms with E-state index in [0.29, 0.717) is 31.5 Å². The van der Waals surface area contributed by atoms with Crippen LogP contribution >= 0.6 is 0 Å². The first-order valence-corrected chi connectivity index (χ1v) is 12.2. The smallest absolute Gasteiger partial charge is 0.243 e. The van der Waals surface area contributed by atoms with Crippen LogP contribution in [0.4, 0.5) is 0 Å². The van der Waals surface area contributed by atoms with Crippen molar-refractivity contribution in [2.45, 2.75) is 43.5 Å². The molecule has 7 heteroatoms. The molecule has 1 saturated heterocycles. The third kappa shape index (κ3) is 4.16. The number of fused-ring (bicyclic) bond motifs is 1. The van der Waals surface area contributed by atoms with Crippen LogP contribution < -0.4 is 0 Å². The Morgan fingerprint density at radius 2 is 1.61 bits per heavy atom. The molecule has 0 aromatic heterocycles. The Kier molecular flexibility index (Phi) is 5.99. The largest absolute Gasteiger partial charge is 0.338 e. The molecule has 2 aliphatic rings. The van der Waals surface area contributed by atoms with Gasteiger partial charge in [-0.1, -0.05) is 36.4 Å². The summed E-state index contributed by atoms with van der Waals surface area (Å²) in [5.41, 5.74) is 3.02. The predicted octanol–water partition coefficient (Wildman–Crippen LogP) is 3.44. The summed E-state index contributed by atoms with van der Waals surface area (Å²) in [6.45, 7) is 2.09. The number of amides is 1. The first kappa shape index (κ1) is 21.7. The minimum absolute atomic E-state index is 0.0997. The van der Waals surface area contributed by atoms with Gasteiger partial charge < -0.3 is 4.90 Å². The number of benzene rings is 2. The Labute approximate surface area is 183 Å². The number of carbonyl (C=O) groups excluding carboxylic acids is 2. The molecule has 4 rings (SSSR count). The fourth-order valence-corrected chi connectivity index (χ4v) is 6.20. The molecule has 1 unspecified atom stereocenters. The van der Waals surface area contributed by atoms with Crippen LogP contribution in [0.15, 0.2) is 53.4 Å². The van der Waals surface area contributed by atoms with Crippen molar-refractivity contribution < 1.29 is 18.0 Å². The van der Waals surface area contributed by atoms with E-state index in [4.69, 9.17) is 0 Å². The molecule has 1 aliphatic carbocycles. The minimum atomic E-state index is -3.63. The van der Waals surface area contributed by atoms with Gasteiger partial charge in [0.25, 0.3) is 0 Å². The summed E-state index contributed by atoms with van der Waals surface area (Å²) in [7, 11) is -1.76. The van der Waals surface area contributed by atoms with Gasteiger partial charge in [0, 0.05) is 31.6 Å². The summed E-state index contributed by atoms with van der Waals surface area (Å²) in [5, 5.41) is 0. The molecule has 1 heterocycles. The van der Waals surface area contributed by atoms with E-state index in [-0.39, 0.29) is 28.5 Å². The second-order valence-electron chi connectivity index (χ2n) is 8.46. The van der Waals surface area contributed by atoms with Crippen molar-refractivity contribution in [1.29, 1.82) is 0 Å². The zero-order valence-electron chi connectivity index (χ0n) is 18.0. The summed E-state index contributed by atoms with van der Waals surface area (Å²) >= 11 is 0. The van der Waals surface area contributed by atoms with Crippen molar-refractivity contribution in [1.82, 2.24) is 9.21 Å². The van der Waals surface area contributed by atoms with Crippen molar-refractivity contribution in [3.05, 3.63) is 65.2 Å².